The van der Waals surface area contributed by atoms with Gasteiger partial charge in [0.2, 0.25) is 0 Å². The number of amides is 1. The number of methoxy groups -OCH3 is 2. The number of para-hydroxylation sites is 1. The number of halogens is 1. The molecule has 0 radical (unpaired) electrons. The van der Waals surface area contributed by atoms with E-state index in [9.17, 15) is 4.79 Å². The van der Waals surface area contributed by atoms with Crippen LogP contribution in [-0.4, -0.2) is 61.2 Å². The van der Waals surface area contributed by atoms with Crippen molar-refractivity contribution in [3.8, 4) is 11.5 Å². The standard InChI is InChI=1S/C23H26N4O3S2.ClH/c1-5-26(6-2)11-12-27(22(28)21-24-15-9-7-8-10-19(15)31-21)23-25-16-13-17(29-3)18(30-4)14-20(16)32-23;/h7-10,13-14H,5-6,11-12H2,1-4H3;1H. The molecule has 10 heteroatoms. The number of likely N-dealkylation sites (N-methyl/N-ethyl adjacent to an activating group) is 1. The number of hydrogen-bond donors (Lipinski definition) is 0. The molecule has 0 aliphatic carbocycles. The molecule has 2 aromatic carbocycles. The van der Waals surface area contributed by atoms with Crippen molar-refractivity contribution < 1.29 is 14.3 Å². The lowest BCUT2D eigenvalue weighted by Crippen LogP contribution is -2.38. The maximum Gasteiger partial charge on any atom is 0.289 e. The smallest absolute Gasteiger partial charge is 0.289 e. The molecule has 0 saturated carbocycles. The molecule has 0 spiro atoms. The number of ether oxygens (including phenoxy) is 2. The van der Waals surface area contributed by atoms with Gasteiger partial charge in [0.05, 0.1) is 34.7 Å². The Morgan fingerprint density at radius 1 is 0.909 bits per heavy atom. The Bertz CT molecular complexity index is 1170. The van der Waals surface area contributed by atoms with Crippen LogP contribution < -0.4 is 14.4 Å². The molecule has 1 amide bonds. The highest BCUT2D eigenvalue weighted by Crippen LogP contribution is 2.38. The molecule has 0 fully saturated rings. The Labute approximate surface area is 207 Å². The van der Waals surface area contributed by atoms with E-state index in [1.165, 1.54) is 22.7 Å². The monoisotopic (exact) mass is 506 g/mol. The van der Waals surface area contributed by atoms with Crippen LogP contribution in [0.15, 0.2) is 36.4 Å². The molecule has 0 aliphatic rings. The summed E-state index contributed by atoms with van der Waals surface area (Å²) in [6.07, 6.45) is 0. The number of carbonyl (C=O) groups is 1. The zero-order valence-corrected chi connectivity index (χ0v) is 21.5. The molecule has 33 heavy (non-hydrogen) atoms. The minimum absolute atomic E-state index is 0. The Kier molecular flexibility index (Phi) is 8.47. The Hall–Kier alpha value is -2.46. The predicted octanol–water partition coefficient (Wildman–Crippen LogP) is 5.33. The molecule has 0 N–H and O–H groups in total. The van der Waals surface area contributed by atoms with Gasteiger partial charge in [-0.05, 0) is 25.2 Å². The number of carbonyl (C=O) groups excluding carboxylic acids is 1. The predicted molar refractivity (Wildman–Crippen MR) is 139 cm³/mol. The maximum absolute atomic E-state index is 13.6. The van der Waals surface area contributed by atoms with Gasteiger partial charge in [-0.15, -0.1) is 23.7 Å². The number of fused-ring (bicyclic) bond motifs is 2. The van der Waals surface area contributed by atoms with Gasteiger partial charge in [-0.2, -0.15) is 0 Å². The van der Waals surface area contributed by atoms with Gasteiger partial charge in [-0.25, -0.2) is 9.97 Å². The third kappa shape index (κ3) is 5.22. The van der Waals surface area contributed by atoms with Crippen LogP contribution >= 0.6 is 35.1 Å². The fraction of sp³-hybridized carbons (Fsp3) is 0.348. The number of hydrogen-bond acceptors (Lipinski definition) is 8. The van der Waals surface area contributed by atoms with Crippen LogP contribution in [0.3, 0.4) is 0 Å². The molecule has 4 aromatic rings. The van der Waals surface area contributed by atoms with Crippen LogP contribution in [0, 0.1) is 0 Å². The number of nitrogens with zero attached hydrogens (tertiary/aromatic N) is 4. The van der Waals surface area contributed by atoms with Crippen molar-refractivity contribution >= 4 is 66.6 Å². The molecule has 2 aromatic heterocycles. The van der Waals surface area contributed by atoms with E-state index >= 15 is 0 Å². The fourth-order valence-electron chi connectivity index (χ4n) is 3.50. The Morgan fingerprint density at radius 3 is 2.27 bits per heavy atom. The van der Waals surface area contributed by atoms with Gasteiger partial charge in [-0.1, -0.05) is 37.3 Å². The minimum Gasteiger partial charge on any atom is -0.493 e. The summed E-state index contributed by atoms with van der Waals surface area (Å²) in [4.78, 5) is 27.0. The molecule has 2 heterocycles. The Balaban J connectivity index is 0.00000306. The highest BCUT2D eigenvalue weighted by atomic mass is 35.5. The van der Waals surface area contributed by atoms with Crippen molar-refractivity contribution in [1.29, 1.82) is 0 Å². The molecular weight excluding hydrogens is 480 g/mol. The number of aromatic nitrogens is 2. The number of benzene rings is 2. The summed E-state index contributed by atoms with van der Waals surface area (Å²) in [7, 11) is 3.21. The lowest BCUT2D eigenvalue weighted by atomic mass is 10.3. The summed E-state index contributed by atoms with van der Waals surface area (Å²) < 4.78 is 12.8. The van der Waals surface area contributed by atoms with Crippen LogP contribution in [0.2, 0.25) is 0 Å². The number of rotatable bonds is 9. The second-order valence-corrected chi connectivity index (χ2v) is 9.18. The highest BCUT2D eigenvalue weighted by Gasteiger charge is 2.25. The van der Waals surface area contributed by atoms with Gasteiger partial charge >= 0.3 is 0 Å². The highest BCUT2D eigenvalue weighted by molar-refractivity contribution is 7.23. The summed E-state index contributed by atoms with van der Waals surface area (Å²) in [6.45, 7) is 7.39. The van der Waals surface area contributed by atoms with E-state index in [1.54, 1.807) is 19.1 Å². The van der Waals surface area contributed by atoms with Crippen LogP contribution in [0.1, 0.15) is 23.6 Å². The van der Waals surface area contributed by atoms with E-state index in [4.69, 9.17) is 14.5 Å². The molecule has 7 nitrogen and oxygen atoms in total. The van der Waals surface area contributed by atoms with E-state index in [-0.39, 0.29) is 18.3 Å². The summed E-state index contributed by atoms with van der Waals surface area (Å²) in [6, 6.07) is 11.6. The first-order chi connectivity index (χ1) is 15.6. The summed E-state index contributed by atoms with van der Waals surface area (Å²) >= 11 is 2.88. The molecule has 4 rings (SSSR count). The van der Waals surface area contributed by atoms with Crippen LogP contribution in [-0.2, 0) is 0 Å². The molecule has 0 unspecified atom stereocenters. The lowest BCUT2D eigenvalue weighted by molar-refractivity contribution is 0.0983. The van der Waals surface area contributed by atoms with E-state index in [2.05, 4.69) is 23.7 Å². The molecule has 0 bridgehead atoms. The topological polar surface area (TPSA) is 67.8 Å². The zero-order valence-electron chi connectivity index (χ0n) is 19.0. The summed E-state index contributed by atoms with van der Waals surface area (Å²) in [5.41, 5.74) is 1.61. The van der Waals surface area contributed by atoms with Crippen LogP contribution in [0.4, 0.5) is 5.13 Å². The third-order valence-electron chi connectivity index (χ3n) is 5.37. The van der Waals surface area contributed by atoms with Crippen molar-refractivity contribution in [2.45, 2.75) is 13.8 Å². The Morgan fingerprint density at radius 2 is 1.61 bits per heavy atom. The molecular formula is C23H27ClN4O3S2. The van der Waals surface area contributed by atoms with Gasteiger partial charge in [-0.3, -0.25) is 9.69 Å². The first-order valence-electron chi connectivity index (χ1n) is 10.5. The second kappa shape index (κ2) is 11.1. The molecule has 176 valence electrons. The maximum atomic E-state index is 13.6. The van der Waals surface area contributed by atoms with Crippen molar-refractivity contribution in [2.75, 3.05) is 45.3 Å². The zero-order chi connectivity index (χ0) is 22.7. The fourth-order valence-corrected chi connectivity index (χ4v) is 5.42. The van der Waals surface area contributed by atoms with Crippen molar-refractivity contribution in [3.05, 3.63) is 41.4 Å². The first-order valence-corrected chi connectivity index (χ1v) is 12.1. The first kappa shape index (κ1) is 25.2. The van der Waals surface area contributed by atoms with Crippen molar-refractivity contribution in [2.24, 2.45) is 0 Å². The summed E-state index contributed by atoms with van der Waals surface area (Å²) in [5.74, 6) is 1.13. The van der Waals surface area contributed by atoms with Gasteiger partial charge < -0.3 is 14.4 Å². The largest absolute Gasteiger partial charge is 0.493 e. The van der Waals surface area contributed by atoms with Gasteiger partial charge in [0, 0.05) is 25.2 Å². The average molecular weight is 507 g/mol. The van der Waals surface area contributed by atoms with Crippen molar-refractivity contribution in [3.63, 3.8) is 0 Å². The van der Waals surface area contributed by atoms with E-state index in [0.717, 1.165) is 40.1 Å². The van der Waals surface area contributed by atoms with Gasteiger partial charge in [0.15, 0.2) is 21.6 Å². The quantitative estimate of drug-likeness (QED) is 0.305. The van der Waals surface area contributed by atoms with E-state index in [0.29, 0.717) is 28.2 Å². The van der Waals surface area contributed by atoms with Gasteiger partial charge in [0.1, 0.15) is 0 Å². The number of thiazole rings is 2. The second-order valence-electron chi connectivity index (χ2n) is 7.14. The van der Waals surface area contributed by atoms with E-state index in [1.807, 2.05) is 36.4 Å². The average Bonchev–Trinajstić information content (AvgIpc) is 3.44. The van der Waals surface area contributed by atoms with Crippen LogP contribution in [0.25, 0.3) is 20.4 Å². The molecule has 0 aliphatic heterocycles. The van der Waals surface area contributed by atoms with Crippen LogP contribution in [0.5, 0.6) is 11.5 Å². The lowest BCUT2D eigenvalue weighted by Gasteiger charge is -2.24. The van der Waals surface area contributed by atoms with Gasteiger partial charge in [0.25, 0.3) is 5.91 Å². The molecule has 0 atom stereocenters. The minimum atomic E-state index is -0.128. The van der Waals surface area contributed by atoms with Crippen molar-refractivity contribution in [1.82, 2.24) is 14.9 Å². The summed E-state index contributed by atoms with van der Waals surface area (Å²) in [5, 5.41) is 1.12. The third-order valence-corrected chi connectivity index (χ3v) is 7.44. The SMILES string of the molecule is CCN(CC)CCN(C(=O)c1nc2ccccc2s1)c1nc2cc(OC)c(OC)cc2s1.Cl. The normalized spacial score (nSPS) is 11.1. The molecule has 0 saturated heterocycles. The van der Waals surface area contributed by atoms with E-state index < -0.39 is 0 Å². The number of anilines is 1.